The van der Waals surface area contributed by atoms with Crippen molar-refractivity contribution >= 4 is 34.7 Å². The molecule has 0 radical (unpaired) electrons. The van der Waals surface area contributed by atoms with Crippen LogP contribution in [0.3, 0.4) is 0 Å². The molecule has 1 aliphatic carbocycles. The molecule has 1 fully saturated rings. The highest BCUT2D eigenvalue weighted by Crippen LogP contribution is 2.37. The Morgan fingerprint density at radius 2 is 2.26 bits per heavy atom. The van der Waals surface area contributed by atoms with Crippen LogP contribution in [-0.2, 0) is 4.79 Å². The third kappa shape index (κ3) is 3.30. The van der Waals surface area contributed by atoms with Gasteiger partial charge in [0.1, 0.15) is 11.8 Å². The number of carbonyl (C=O) groups is 1. The first kappa shape index (κ1) is 16.7. The number of amides is 1. The second-order valence-electron chi connectivity index (χ2n) is 6.42. The molecule has 3 aromatic heterocycles. The van der Waals surface area contributed by atoms with Crippen molar-refractivity contribution in [3.63, 3.8) is 0 Å². The van der Waals surface area contributed by atoms with Gasteiger partial charge in [-0.25, -0.2) is 9.69 Å². The normalized spacial score (nSPS) is 19.5. The fourth-order valence-corrected chi connectivity index (χ4v) is 4.57. The van der Waals surface area contributed by atoms with Crippen LogP contribution >= 0.6 is 23.1 Å². The van der Waals surface area contributed by atoms with Crippen LogP contribution in [-0.4, -0.2) is 42.6 Å². The van der Waals surface area contributed by atoms with Crippen molar-refractivity contribution in [2.75, 3.05) is 5.75 Å². The molecule has 2 aliphatic rings. The minimum absolute atomic E-state index is 0.0849. The Kier molecular flexibility index (Phi) is 4.29. The van der Waals surface area contributed by atoms with Gasteiger partial charge < -0.3 is 4.42 Å². The maximum atomic E-state index is 12.9. The Morgan fingerprint density at radius 3 is 3.00 bits per heavy atom. The average molecular weight is 400 g/mol. The third-order valence-electron chi connectivity index (χ3n) is 4.52. The lowest BCUT2D eigenvalue weighted by Gasteiger charge is -2.19. The number of hydrogen-bond donors (Lipinski definition) is 0. The van der Waals surface area contributed by atoms with Gasteiger partial charge in [0.25, 0.3) is 5.91 Å². The maximum Gasteiger partial charge on any atom is 0.253 e. The van der Waals surface area contributed by atoms with Gasteiger partial charge in [0, 0.05) is 6.42 Å². The minimum atomic E-state index is -0.218. The summed E-state index contributed by atoms with van der Waals surface area (Å²) in [5, 5.41) is 20.7. The summed E-state index contributed by atoms with van der Waals surface area (Å²) in [5.41, 5.74) is 0.910. The van der Waals surface area contributed by atoms with Gasteiger partial charge in [-0.3, -0.25) is 4.79 Å². The van der Waals surface area contributed by atoms with Crippen LogP contribution in [0.25, 0.3) is 0 Å². The number of aromatic nitrogens is 4. The van der Waals surface area contributed by atoms with Crippen molar-refractivity contribution in [3.8, 4) is 0 Å². The fraction of sp³-hybridized carbons (Fsp3) is 0.353. The first-order valence-electron chi connectivity index (χ1n) is 8.67. The molecule has 1 amide bonds. The molecular weight excluding hydrogens is 384 g/mol. The number of tetrazole rings is 1. The van der Waals surface area contributed by atoms with E-state index < -0.39 is 0 Å². The van der Waals surface area contributed by atoms with Crippen molar-refractivity contribution in [1.82, 2.24) is 25.2 Å². The van der Waals surface area contributed by atoms with Gasteiger partial charge in [0.2, 0.25) is 5.16 Å². The lowest BCUT2D eigenvalue weighted by atomic mass is 10.1. The number of thioether (sulfide) groups is 1. The molecule has 4 heterocycles. The molecule has 1 atom stereocenters. The molecule has 8 nitrogen and oxygen atoms in total. The molecule has 0 bridgehead atoms. The Balaban J connectivity index is 1.35. The fourth-order valence-electron chi connectivity index (χ4n) is 3.06. The van der Waals surface area contributed by atoms with Gasteiger partial charge in [0.15, 0.2) is 0 Å². The van der Waals surface area contributed by atoms with Gasteiger partial charge in [-0.05, 0) is 46.8 Å². The van der Waals surface area contributed by atoms with Crippen molar-refractivity contribution in [1.29, 1.82) is 0 Å². The number of nitrogens with zero attached hydrogens (tertiary/aromatic N) is 6. The molecule has 0 aromatic carbocycles. The van der Waals surface area contributed by atoms with E-state index in [1.807, 2.05) is 34.3 Å². The van der Waals surface area contributed by atoms with Gasteiger partial charge in [-0.1, -0.05) is 17.8 Å². The number of furan rings is 1. The third-order valence-corrected chi connectivity index (χ3v) is 6.36. The summed E-state index contributed by atoms with van der Waals surface area (Å²) < 4.78 is 7.38. The first-order chi connectivity index (χ1) is 13.3. The minimum Gasteiger partial charge on any atom is -0.467 e. The molecule has 138 valence electrons. The maximum absolute atomic E-state index is 12.9. The highest BCUT2D eigenvalue weighted by atomic mass is 32.2. The molecule has 1 unspecified atom stereocenters. The largest absolute Gasteiger partial charge is 0.467 e. The zero-order chi connectivity index (χ0) is 18.2. The predicted octanol–water partition coefficient (Wildman–Crippen LogP) is 3.13. The van der Waals surface area contributed by atoms with Crippen molar-refractivity contribution in [2.24, 2.45) is 5.10 Å². The van der Waals surface area contributed by atoms with E-state index in [4.69, 9.17) is 4.42 Å². The van der Waals surface area contributed by atoms with Gasteiger partial charge in [-0.15, -0.1) is 16.4 Å². The Hall–Kier alpha value is -2.46. The number of carbonyl (C=O) groups excluding carboxylic acids is 1. The molecular formula is C17H16N6O2S2. The summed E-state index contributed by atoms with van der Waals surface area (Å²) >= 11 is 2.98. The van der Waals surface area contributed by atoms with E-state index in [1.54, 1.807) is 22.6 Å². The molecule has 10 heteroatoms. The molecule has 27 heavy (non-hydrogen) atoms. The summed E-state index contributed by atoms with van der Waals surface area (Å²) in [7, 11) is 0. The molecule has 0 spiro atoms. The second-order valence-corrected chi connectivity index (χ2v) is 8.31. The van der Waals surface area contributed by atoms with Crippen molar-refractivity contribution in [2.45, 2.75) is 36.5 Å². The Bertz CT molecular complexity index is 962. The molecule has 0 N–H and O–H groups in total. The van der Waals surface area contributed by atoms with E-state index in [9.17, 15) is 4.79 Å². The van der Waals surface area contributed by atoms with E-state index in [1.165, 1.54) is 11.8 Å². The van der Waals surface area contributed by atoms with Crippen LogP contribution in [0, 0.1) is 0 Å². The smallest absolute Gasteiger partial charge is 0.253 e. The monoisotopic (exact) mass is 400 g/mol. The van der Waals surface area contributed by atoms with E-state index in [-0.39, 0.29) is 17.7 Å². The van der Waals surface area contributed by atoms with Crippen LogP contribution in [0.4, 0.5) is 0 Å². The van der Waals surface area contributed by atoms with Crippen molar-refractivity contribution in [3.05, 3.63) is 46.5 Å². The van der Waals surface area contributed by atoms with E-state index >= 15 is 0 Å². The quantitative estimate of drug-likeness (QED) is 0.591. The number of hydrogen-bond acceptors (Lipinski definition) is 8. The summed E-state index contributed by atoms with van der Waals surface area (Å²) in [6.45, 7) is 0. The number of hydrazone groups is 1. The number of thiophene rings is 1. The van der Waals surface area contributed by atoms with Crippen molar-refractivity contribution < 1.29 is 9.21 Å². The first-order valence-corrected chi connectivity index (χ1v) is 10.5. The number of rotatable bonds is 6. The zero-order valence-corrected chi connectivity index (χ0v) is 15.9. The molecule has 0 saturated heterocycles. The zero-order valence-electron chi connectivity index (χ0n) is 14.3. The second kappa shape index (κ2) is 6.93. The van der Waals surface area contributed by atoms with Crippen LogP contribution in [0.1, 0.15) is 42.0 Å². The van der Waals surface area contributed by atoms with Crippen LogP contribution < -0.4 is 0 Å². The highest BCUT2D eigenvalue weighted by molar-refractivity contribution is 7.99. The highest BCUT2D eigenvalue weighted by Gasteiger charge is 2.35. The standard InChI is InChI=1S/C17H16N6O2S2/c24-16(10-27-17-18-20-21-22(17)11-5-6-11)23-13(14-3-1-7-25-14)9-12(19-23)15-4-2-8-26-15/h1-4,7-8,11,13H,5-6,9-10H2. The van der Waals surface area contributed by atoms with Crippen LogP contribution in [0.5, 0.6) is 0 Å². The molecule has 1 aliphatic heterocycles. The van der Waals surface area contributed by atoms with Crippen LogP contribution in [0.2, 0.25) is 0 Å². The summed E-state index contributed by atoms with van der Waals surface area (Å²) in [6, 6.07) is 7.89. The topological polar surface area (TPSA) is 89.4 Å². The summed E-state index contributed by atoms with van der Waals surface area (Å²) in [6.07, 6.45) is 4.45. The van der Waals surface area contributed by atoms with Gasteiger partial charge in [0.05, 0.1) is 28.6 Å². The van der Waals surface area contributed by atoms with E-state index in [0.717, 1.165) is 29.2 Å². The van der Waals surface area contributed by atoms with Crippen LogP contribution in [0.15, 0.2) is 50.6 Å². The SMILES string of the molecule is O=C(CSc1nnnn1C1CC1)N1N=C(c2cccs2)CC1c1ccco1. The lowest BCUT2D eigenvalue weighted by Crippen LogP contribution is -2.28. The molecule has 5 rings (SSSR count). The van der Waals surface area contributed by atoms with Gasteiger partial charge >= 0.3 is 0 Å². The Labute approximate surface area is 163 Å². The van der Waals surface area contributed by atoms with E-state index in [0.29, 0.717) is 17.6 Å². The summed E-state index contributed by atoms with van der Waals surface area (Å²) in [4.78, 5) is 14.0. The predicted molar refractivity (Wildman–Crippen MR) is 101 cm³/mol. The van der Waals surface area contributed by atoms with Gasteiger partial charge in [-0.2, -0.15) is 5.10 Å². The average Bonchev–Trinajstić information content (AvgIpc) is 3.22. The van der Waals surface area contributed by atoms with E-state index in [2.05, 4.69) is 20.6 Å². The lowest BCUT2D eigenvalue weighted by molar-refractivity contribution is -0.130. The molecule has 3 aromatic rings. The summed E-state index contributed by atoms with van der Waals surface area (Å²) in [5.74, 6) is 0.885. The Morgan fingerprint density at radius 1 is 1.33 bits per heavy atom. The molecule has 1 saturated carbocycles.